The second-order valence-corrected chi connectivity index (χ2v) is 5.11. The zero-order chi connectivity index (χ0) is 17.7. The largest absolute Gasteiger partial charge is 0.492 e. The number of rotatable bonds is 7. The van der Waals surface area contributed by atoms with Crippen LogP contribution in [-0.4, -0.2) is 53.2 Å². The lowest BCUT2D eigenvalue weighted by Gasteiger charge is -2.15. The standard InChI is InChI=1S/C16H19N3O5/c1-3-9-18-14(21)15(22)19(16(18)23)10-13(20)17-11-7-5-6-8-12(11)24-4-2/h5-8H,3-4,9-10H2,1-2H3,(H,17,20). The van der Waals surface area contributed by atoms with Gasteiger partial charge < -0.3 is 10.1 Å². The lowest BCUT2D eigenvalue weighted by molar-refractivity contribution is -0.143. The molecule has 1 fully saturated rings. The van der Waals surface area contributed by atoms with Gasteiger partial charge in [-0.3, -0.25) is 19.3 Å². The average Bonchev–Trinajstić information content (AvgIpc) is 2.75. The lowest BCUT2D eigenvalue weighted by atomic mass is 10.3. The molecule has 2 rings (SSSR count). The predicted octanol–water partition coefficient (Wildman–Crippen LogP) is 1.22. The first-order valence-electron chi connectivity index (χ1n) is 7.68. The molecule has 1 N–H and O–H groups in total. The van der Waals surface area contributed by atoms with E-state index in [0.29, 0.717) is 29.4 Å². The van der Waals surface area contributed by atoms with Crippen LogP contribution in [0.3, 0.4) is 0 Å². The first-order valence-corrected chi connectivity index (χ1v) is 7.68. The molecule has 1 aromatic rings. The van der Waals surface area contributed by atoms with E-state index in [-0.39, 0.29) is 6.54 Å². The molecular formula is C16H19N3O5. The SMILES string of the molecule is CCCN1C(=O)C(=O)N(CC(=O)Nc2ccccc2OCC)C1=O. The molecular weight excluding hydrogens is 314 g/mol. The zero-order valence-electron chi connectivity index (χ0n) is 13.6. The van der Waals surface area contributed by atoms with Gasteiger partial charge in [0.2, 0.25) is 5.91 Å². The maximum absolute atomic E-state index is 12.1. The highest BCUT2D eigenvalue weighted by Gasteiger charge is 2.44. The van der Waals surface area contributed by atoms with Crippen molar-refractivity contribution in [2.45, 2.75) is 20.3 Å². The monoisotopic (exact) mass is 333 g/mol. The van der Waals surface area contributed by atoms with E-state index in [1.165, 1.54) is 0 Å². The molecule has 0 bridgehead atoms. The number of amides is 5. The van der Waals surface area contributed by atoms with Crippen molar-refractivity contribution in [3.63, 3.8) is 0 Å². The van der Waals surface area contributed by atoms with Crippen LogP contribution in [0.15, 0.2) is 24.3 Å². The van der Waals surface area contributed by atoms with Gasteiger partial charge in [-0.2, -0.15) is 0 Å². The highest BCUT2D eigenvalue weighted by atomic mass is 16.5. The summed E-state index contributed by atoms with van der Waals surface area (Å²) in [5.74, 6) is -1.99. The molecule has 0 atom stereocenters. The third-order valence-electron chi connectivity index (χ3n) is 3.34. The maximum atomic E-state index is 12.1. The van der Waals surface area contributed by atoms with Crippen LogP contribution in [0, 0.1) is 0 Å². The summed E-state index contributed by atoms with van der Waals surface area (Å²) >= 11 is 0. The number of anilines is 1. The van der Waals surface area contributed by atoms with Crippen LogP contribution in [0.25, 0.3) is 0 Å². The smallest absolute Gasteiger partial charge is 0.334 e. The summed E-state index contributed by atoms with van der Waals surface area (Å²) in [6, 6.07) is 6.05. The van der Waals surface area contributed by atoms with Gasteiger partial charge in [-0.25, -0.2) is 9.69 Å². The van der Waals surface area contributed by atoms with Gasteiger partial charge in [0, 0.05) is 6.54 Å². The number of benzene rings is 1. The Morgan fingerprint density at radius 2 is 1.75 bits per heavy atom. The summed E-state index contributed by atoms with van der Waals surface area (Å²) in [5, 5.41) is 2.59. The van der Waals surface area contributed by atoms with Crippen molar-refractivity contribution in [1.82, 2.24) is 9.80 Å². The number of nitrogens with zero attached hydrogens (tertiary/aromatic N) is 2. The lowest BCUT2D eigenvalue weighted by Crippen LogP contribution is -2.39. The van der Waals surface area contributed by atoms with Crippen LogP contribution >= 0.6 is 0 Å². The van der Waals surface area contributed by atoms with Crippen LogP contribution in [0.4, 0.5) is 10.5 Å². The van der Waals surface area contributed by atoms with Gasteiger partial charge in [0.1, 0.15) is 12.3 Å². The van der Waals surface area contributed by atoms with Crippen LogP contribution in [0.2, 0.25) is 0 Å². The molecule has 0 radical (unpaired) electrons. The molecule has 0 aromatic heterocycles. The Morgan fingerprint density at radius 3 is 2.42 bits per heavy atom. The van der Waals surface area contributed by atoms with Crippen molar-refractivity contribution >= 4 is 29.4 Å². The molecule has 0 unspecified atom stereocenters. The van der Waals surface area contributed by atoms with E-state index < -0.39 is 30.3 Å². The summed E-state index contributed by atoms with van der Waals surface area (Å²) in [7, 11) is 0. The maximum Gasteiger partial charge on any atom is 0.334 e. The van der Waals surface area contributed by atoms with Crippen molar-refractivity contribution in [2.24, 2.45) is 0 Å². The number of ether oxygens (including phenoxy) is 1. The molecule has 0 spiro atoms. The first-order chi connectivity index (χ1) is 11.5. The number of imide groups is 2. The Bertz CT molecular complexity index is 673. The van der Waals surface area contributed by atoms with Gasteiger partial charge >= 0.3 is 17.8 Å². The van der Waals surface area contributed by atoms with E-state index in [2.05, 4.69) is 5.32 Å². The van der Waals surface area contributed by atoms with E-state index in [1.54, 1.807) is 31.2 Å². The Balaban J connectivity index is 2.06. The average molecular weight is 333 g/mol. The van der Waals surface area contributed by atoms with E-state index >= 15 is 0 Å². The second kappa shape index (κ2) is 7.58. The fourth-order valence-corrected chi connectivity index (χ4v) is 2.30. The van der Waals surface area contributed by atoms with E-state index in [0.717, 1.165) is 4.90 Å². The Kier molecular flexibility index (Phi) is 5.51. The summed E-state index contributed by atoms with van der Waals surface area (Å²) in [6.07, 6.45) is 0.534. The summed E-state index contributed by atoms with van der Waals surface area (Å²) in [4.78, 5) is 49.3. The van der Waals surface area contributed by atoms with Gasteiger partial charge in [0.15, 0.2) is 0 Å². The Labute approximate surface area is 139 Å². The molecule has 1 aliphatic heterocycles. The molecule has 1 heterocycles. The summed E-state index contributed by atoms with van der Waals surface area (Å²) in [6.45, 7) is 3.65. The number of urea groups is 1. The Morgan fingerprint density at radius 1 is 1.08 bits per heavy atom. The number of carbonyl (C=O) groups is 4. The second-order valence-electron chi connectivity index (χ2n) is 5.11. The van der Waals surface area contributed by atoms with Gasteiger partial charge in [0.05, 0.1) is 12.3 Å². The molecule has 8 nitrogen and oxygen atoms in total. The van der Waals surface area contributed by atoms with Crippen molar-refractivity contribution in [2.75, 3.05) is 25.0 Å². The van der Waals surface area contributed by atoms with Gasteiger partial charge in [-0.1, -0.05) is 19.1 Å². The molecule has 128 valence electrons. The molecule has 24 heavy (non-hydrogen) atoms. The minimum atomic E-state index is -0.985. The van der Waals surface area contributed by atoms with Gasteiger partial charge in [-0.15, -0.1) is 0 Å². The van der Waals surface area contributed by atoms with Crippen molar-refractivity contribution in [1.29, 1.82) is 0 Å². The van der Waals surface area contributed by atoms with Crippen molar-refractivity contribution < 1.29 is 23.9 Å². The van der Waals surface area contributed by atoms with Crippen LogP contribution in [-0.2, 0) is 14.4 Å². The van der Waals surface area contributed by atoms with Crippen LogP contribution in [0.5, 0.6) is 5.75 Å². The van der Waals surface area contributed by atoms with Gasteiger partial charge in [-0.05, 0) is 25.5 Å². The fraction of sp³-hybridized carbons (Fsp3) is 0.375. The number of nitrogens with one attached hydrogen (secondary N) is 1. The molecule has 0 saturated carbocycles. The van der Waals surface area contributed by atoms with E-state index in [1.807, 2.05) is 6.92 Å². The molecule has 1 saturated heterocycles. The first kappa shape index (κ1) is 17.5. The summed E-state index contributed by atoms with van der Waals surface area (Å²) < 4.78 is 5.39. The quantitative estimate of drug-likeness (QED) is 0.598. The van der Waals surface area contributed by atoms with Crippen molar-refractivity contribution in [3.8, 4) is 5.75 Å². The number of hydrogen-bond acceptors (Lipinski definition) is 5. The van der Waals surface area contributed by atoms with Crippen LogP contribution in [0.1, 0.15) is 20.3 Å². The van der Waals surface area contributed by atoms with E-state index in [9.17, 15) is 19.2 Å². The molecule has 8 heteroatoms. The number of hydrogen-bond donors (Lipinski definition) is 1. The minimum Gasteiger partial charge on any atom is -0.492 e. The van der Waals surface area contributed by atoms with Crippen LogP contribution < -0.4 is 10.1 Å². The third kappa shape index (κ3) is 3.53. The normalized spacial score (nSPS) is 14.3. The van der Waals surface area contributed by atoms with Gasteiger partial charge in [0.25, 0.3) is 0 Å². The number of carbonyl (C=O) groups excluding carboxylic acids is 4. The minimum absolute atomic E-state index is 0.148. The fourth-order valence-electron chi connectivity index (χ4n) is 2.30. The molecule has 1 aliphatic rings. The van der Waals surface area contributed by atoms with Crippen molar-refractivity contribution in [3.05, 3.63) is 24.3 Å². The topological polar surface area (TPSA) is 96.0 Å². The highest BCUT2D eigenvalue weighted by molar-refractivity contribution is 6.45. The number of para-hydroxylation sites is 2. The highest BCUT2D eigenvalue weighted by Crippen LogP contribution is 2.23. The third-order valence-corrected chi connectivity index (χ3v) is 3.34. The van der Waals surface area contributed by atoms with E-state index in [4.69, 9.17) is 4.74 Å². The molecule has 5 amide bonds. The molecule has 0 aliphatic carbocycles. The zero-order valence-corrected chi connectivity index (χ0v) is 13.6. The predicted molar refractivity (Wildman–Crippen MR) is 85.4 cm³/mol. The molecule has 1 aromatic carbocycles. The Hall–Kier alpha value is -2.90. The summed E-state index contributed by atoms with van der Waals surface area (Å²) in [5.41, 5.74) is 0.431.